The van der Waals surface area contributed by atoms with Crippen molar-refractivity contribution in [1.29, 1.82) is 0 Å². The van der Waals surface area contributed by atoms with Crippen molar-refractivity contribution in [3.8, 4) is 0 Å². The van der Waals surface area contributed by atoms with E-state index < -0.39 is 21.8 Å². The Labute approximate surface area is 175 Å². The molecule has 2 aromatic carbocycles. The Morgan fingerprint density at radius 2 is 1.48 bits per heavy atom. The van der Waals surface area contributed by atoms with Crippen LogP contribution < -0.4 is 9.62 Å². The fourth-order valence-corrected chi connectivity index (χ4v) is 4.21. The number of nitrogens with zero attached hydrogens (tertiary/aromatic N) is 4. The third kappa shape index (κ3) is 3.11. The van der Waals surface area contributed by atoms with Crippen LogP contribution in [0.2, 0.25) is 0 Å². The molecule has 0 spiro atoms. The van der Waals surface area contributed by atoms with Gasteiger partial charge in [-0.2, -0.15) is 0 Å². The number of amides is 2. The number of hydrogen-bond donors (Lipinski definition) is 1. The summed E-state index contributed by atoms with van der Waals surface area (Å²) in [6, 6.07) is 13.7. The van der Waals surface area contributed by atoms with Crippen molar-refractivity contribution >= 4 is 44.4 Å². The van der Waals surface area contributed by atoms with Gasteiger partial charge in [0, 0.05) is 6.07 Å². The van der Waals surface area contributed by atoms with E-state index in [0.29, 0.717) is 16.8 Å². The van der Waals surface area contributed by atoms with E-state index in [1.54, 1.807) is 31.2 Å². The molecule has 4 aromatic rings. The lowest BCUT2D eigenvalue weighted by Gasteiger charge is -2.13. The van der Waals surface area contributed by atoms with Gasteiger partial charge in [-0.15, -0.1) is 0 Å². The predicted octanol–water partition coefficient (Wildman–Crippen LogP) is 2.53. The minimum atomic E-state index is -3.93. The maximum atomic E-state index is 12.8. The van der Waals surface area contributed by atoms with Gasteiger partial charge in [0.15, 0.2) is 17.2 Å². The molecular weight excluding hydrogens is 422 g/mol. The lowest BCUT2D eigenvalue weighted by Crippen LogP contribution is -2.29. The summed E-state index contributed by atoms with van der Waals surface area (Å²) in [6.07, 6.45) is 0. The third-order valence-electron chi connectivity index (χ3n) is 4.65. The van der Waals surface area contributed by atoms with Gasteiger partial charge in [0.2, 0.25) is 0 Å². The monoisotopic (exact) mass is 435 g/mol. The van der Waals surface area contributed by atoms with Crippen molar-refractivity contribution in [3.05, 3.63) is 71.7 Å². The average Bonchev–Trinajstić information content (AvgIpc) is 3.26. The number of hydrogen-bond acceptors (Lipinski definition) is 8. The highest BCUT2D eigenvalue weighted by Gasteiger charge is 2.40. The molecule has 0 unspecified atom stereocenters. The number of imide groups is 1. The number of carbonyl (C=O) groups is 2. The summed E-state index contributed by atoms with van der Waals surface area (Å²) in [6.45, 7) is 1.63. The van der Waals surface area contributed by atoms with Crippen LogP contribution in [0, 0.1) is 6.92 Å². The Morgan fingerprint density at radius 1 is 0.903 bits per heavy atom. The summed E-state index contributed by atoms with van der Waals surface area (Å²) in [7, 11) is -3.93. The van der Waals surface area contributed by atoms with E-state index in [-0.39, 0.29) is 27.8 Å². The van der Waals surface area contributed by atoms with Crippen LogP contribution in [0.25, 0.3) is 11.0 Å². The first-order chi connectivity index (χ1) is 14.8. The van der Waals surface area contributed by atoms with Crippen molar-refractivity contribution in [2.75, 3.05) is 9.62 Å². The number of benzene rings is 2. The fourth-order valence-electron chi connectivity index (χ4n) is 3.22. The predicted molar refractivity (Wildman–Crippen MR) is 109 cm³/mol. The molecule has 1 aliphatic rings. The highest BCUT2D eigenvalue weighted by molar-refractivity contribution is 7.92. The highest BCUT2D eigenvalue weighted by atomic mass is 32.2. The minimum Gasteiger partial charge on any atom is -0.360 e. The zero-order valence-corrected chi connectivity index (χ0v) is 16.8. The van der Waals surface area contributed by atoms with E-state index >= 15 is 0 Å². The minimum absolute atomic E-state index is 0.0385. The van der Waals surface area contributed by atoms with E-state index in [4.69, 9.17) is 4.52 Å². The van der Waals surface area contributed by atoms with E-state index in [1.807, 2.05) is 0 Å². The number of para-hydroxylation sites is 2. The largest absolute Gasteiger partial charge is 0.360 e. The zero-order valence-electron chi connectivity index (χ0n) is 15.9. The zero-order chi connectivity index (χ0) is 21.8. The van der Waals surface area contributed by atoms with Crippen molar-refractivity contribution in [2.45, 2.75) is 11.8 Å². The SMILES string of the molecule is Cc1cc(NS(=O)(=O)c2ccc(N3C(=O)c4nc5ccccc5nc4C3=O)cc2)no1. The Morgan fingerprint density at radius 3 is 2.00 bits per heavy atom. The number of aryl methyl sites for hydroxylation is 1. The summed E-state index contributed by atoms with van der Waals surface area (Å²) in [5.74, 6) is -0.741. The summed E-state index contributed by atoms with van der Waals surface area (Å²) >= 11 is 0. The highest BCUT2D eigenvalue weighted by Crippen LogP contribution is 2.29. The lowest BCUT2D eigenvalue weighted by atomic mass is 10.2. The Bertz CT molecular complexity index is 1420. The molecule has 0 fully saturated rings. The Kier molecular flexibility index (Phi) is 4.08. The average molecular weight is 435 g/mol. The molecule has 10 nitrogen and oxygen atoms in total. The topological polar surface area (TPSA) is 135 Å². The van der Waals surface area contributed by atoms with Gasteiger partial charge in [0.1, 0.15) is 5.76 Å². The van der Waals surface area contributed by atoms with E-state index in [2.05, 4.69) is 19.8 Å². The van der Waals surface area contributed by atoms with Crippen LogP contribution in [0.15, 0.2) is 64.0 Å². The van der Waals surface area contributed by atoms with Gasteiger partial charge < -0.3 is 4.52 Å². The van der Waals surface area contributed by atoms with Crippen LogP contribution >= 0.6 is 0 Å². The summed E-state index contributed by atoms with van der Waals surface area (Å²) in [4.78, 5) is 35.1. The van der Waals surface area contributed by atoms with Crippen LogP contribution in [-0.2, 0) is 10.0 Å². The Hall–Kier alpha value is -4.12. The van der Waals surface area contributed by atoms with Gasteiger partial charge in [0.25, 0.3) is 21.8 Å². The number of aromatic nitrogens is 3. The molecule has 31 heavy (non-hydrogen) atoms. The normalized spacial score (nSPS) is 13.6. The van der Waals surface area contributed by atoms with Crippen LogP contribution in [0.3, 0.4) is 0 Å². The van der Waals surface area contributed by atoms with Crippen molar-refractivity contribution in [2.24, 2.45) is 0 Å². The number of nitrogens with one attached hydrogen (secondary N) is 1. The number of rotatable bonds is 4. The van der Waals surface area contributed by atoms with Gasteiger partial charge in [0.05, 0.1) is 21.6 Å². The molecule has 2 amide bonds. The number of anilines is 2. The Balaban J connectivity index is 1.46. The van der Waals surface area contributed by atoms with Gasteiger partial charge >= 0.3 is 0 Å². The molecule has 0 saturated heterocycles. The molecule has 1 aliphatic heterocycles. The first-order valence-electron chi connectivity index (χ1n) is 9.05. The maximum absolute atomic E-state index is 12.8. The van der Waals surface area contributed by atoms with Gasteiger partial charge in [-0.05, 0) is 43.3 Å². The second-order valence-electron chi connectivity index (χ2n) is 6.78. The van der Waals surface area contributed by atoms with Crippen LogP contribution in [0.4, 0.5) is 11.5 Å². The molecule has 11 heteroatoms. The second kappa shape index (κ2) is 6.71. The van der Waals surface area contributed by atoms with Gasteiger partial charge in [-0.3, -0.25) is 14.3 Å². The first-order valence-corrected chi connectivity index (χ1v) is 10.5. The third-order valence-corrected chi connectivity index (χ3v) is 6.02. The van der Waals surface area contributed by atoms with Gasteiger partial charge in [-0.1, -0.05) is 17.3 Å². The first kappa shape index (κ1) is 18.9. The molecule has 0 bridgehead atoms. The molecule has 0 aliphatic carbocycles. The fraction of sp³-hybridized carbons (Fsp3) is 0.0500. The van der Waals surface area contributed by atoms with E-state index in [9.17, 15) is 18.0 Å². The molecule has 0 saturated carbocycles. The summed E-state index contributed by atoms with van der Waals surface area (Å²) in [5, 5.41) is 3.60. The quantitative estimate of drug-likeness (QED) is 0.483. The second-order valence-corrected chi connectivity index (χ2v) is 8.46. The smallest absolute Gasteiger partial charge is 0.286 e. The molecule has 154 valence electrons. The molecular formula is C20H13N5O5S. The van der Waals surface area contributed by atoms with Crippen molar-refractivity contribution < 1.29 is 22.5 Å². The van der Waals surface area contributed by atoms with Gasteiger partial charge in [-0.25, -0.2) is 23.3 Å². The van der Waals surface area contributed by atoms with Crippen LogP contribution in [-0.4, -0.2) is 35.4 Å². The van der Waals surface area contributed by atoms with E-state index in [0.717, 1.165) is 4.90 Å². The number of sulfonamides is 1. The molecule has 2 aromatic heterocycles. The molecule has 1 N–H and O–H groups in total. The number of fused-ring (bicyclic) bond motifs is 2. The maximum Gasteiger partial charge on any atom is 0.286 e. The van der Waals surface area contributed by atoms with Crippen LogP contribution in [0.5, 0.6) is 0 Å². The van der Waals surface area contributed by atoms with E-state index in [1.165, 1.54) is 30.3 Å². The summed E-state index contributed by atoms with van der Waals surface area (Å²) in [5.41, 5.74) is 1.13. The summed E-state index contributed by atoms with van der Waals surface area (Å²) < 4.78 is 32.2. The lowest BCUT2D eigenvalue weighted by molar-refractivity contribution is 0.0923. The van der Waals surface area contributed by atoms with Crippen LogP contribution in [0.1, 0.15) is 26.7 Å². The standard InChI is InChI=1S/C20H13N5O5S/c1-11-10-16(23-30-11)24-31(28,29)13-8-6-12(7-9-13)25-19(26)17-18(20(25)27)22-15-5-3-2-4-14(15)21-17/h2-10H,1H3,(H,23,24). The van der Waals surface area contributed by atoms with Crippen molar-refractivity contribution in [3.63, 3.8) is 0 Å². The molecule has 0 atom stereocenters. The molecule has 3 heterocycles. The van der Waals surface area contributed by atoms with Crippen molar-refractivity contribution in [1.82, 2.24) is 15.1 Å². The molecule has 0 radical (unpaired) electrons. The number of carbonyl (C=O) groups excluding carboxylic acids is 2. The molecule has 5 rings (SSSR count).